The minimum atomic E-state index is -4.45. The maximum Gasteiger partial charge on any atom is 0.416 e. The molecule has 3 aromatic carbocycles. The number of halogens is 5. The lowest BCUT2D eigenvalue weighted by Gasteiger charge is -2.25. The van der Waals surface area contributed by atoms with Crippen LogP contribution in [0.1, 0.15) is 58.3 Å². The van der Waals surface area contributed by atoms with Crippen LogP contribution >= 0.6 is 11.6 Å². The van der Waals surface area contributed by atoms with Gasteiger partial charge in [0, 0.05) is 30.3 Å². The Bertz CT molecular complexity index is 1240. The zero-order valence-corrected chi connectivity index (χ0v) is 20.6. The summed E-state index contributed by atoms with van der Waals surface area (Å²) in [5, 5.41) is 3.53. The van der Waals surface area contributed by atoms with E-state index in [2.05, 4.69) is 5.32 Å². The molecular weight excluding hydrogens is 492 g/mol. The predicted molar refractivity (Wildman–Crippen MR) is 134 cm³/mol. The quantitative estimate of drug-likeness (QED) is 0.294. The minimum absolute atomic E-state index is 0.109. The van der Waals surface area contributed by atoms with Gasteiger partial charge in [0.15, 0.2) is 0 Å². The molecule has 1 fully saturated rings. The van der Waals surface area contributed by atoms with E-state index in [1.54, 1.807) is 30.3 Å². The number of rotatable bonds is 9. The van der Waals surface area contributed by atoms with Gasteiger partial charge in [-0.1, -0.05) is 41.9 Å². The van der Waals surface area contributed by atoms with Crippen molar-refractivity contribution in [3.63, 3.8) is 0 Å². The zero-order valence-electron chi connectivity index (χ0n) is 19.8. The normalized spacial score (nSPS) is 13.5. The van der Waals surface area contributed by atoms with E-state index in [4.69, 9.17) is 11.6 Å². The molecule has 0 atom stereocenters. The van der Waals surface area contributed by atoms with Gasteiger partial charge >= 0.3 is 6.18 Å². The molecule has 0 heterocycles. The number of carbonyl (C=O) groups excluding carboxylic acids is 1. The monoisotopic (exact) mass is 518 g/mol. The van der Waals surface area contributed by atoms with Gasteiger partial charge < -0.3 is 10.2 Å². The summed E-state index contributed by atoms with van der Waals surface area (Å²) >= 11 is 6.18. The van der Waals surface area contributed by atoms with Crippen molar-refractivity contribution in [2.24, 2.45) is 0 Å². The summed E-state index contributed by atoms with van der Waals surface area (Å²) in [7, 11) is 0. The van der Waals surface area contributed by atoms with Crippen LogP contribution < -0.4 is 5.32 Å². The van der Waals surface area contributed by atoms with E-state index in [9.17, 15) is 22.4 Å². The maximum absolute atomic E-state index is 14.7. The van der Waals surface area contributed by atoms with Gasteiger partial charge in [-0.25, -0.2) is 4.39 Å². The second-order valence-electron chi connectivity index (χ2n) is 9.03. The Labute approximate surface area is 213 Å². The highest BCUT2D eigenvalue weighted by Crippen LogP contribution is 2.41. The van der Waals surface area contributed by atoms with Crippen LogP contribution in [0.15, 0.2) is 60.7 Å². The third kappa shape index (κ3) is 6.38. The Morgan fingerprint density at radius 3 is 2.50 bits per heavy atom. The van der Waals surface area contributed by atoms with Crippen molar-refractivity contribution >= 4 is 23.2 Å². The number of anilines is 1. The average Bonchev–Trinajstić information content (AvgIpc) is 3.67. The molecule has 1 aliphatic carbocycles. The van der Waals surface area contributed by atoms with E-state index in [-0.39, 0.29) is 37.2 Å². The number of carbonyl (C=O) groups is 1. The molecule has 1 N–H and O–H groups in total. The first-order valence-corrected chi connectivity index (χ1v) is 12.3. The molecule has 0 bridgehead atoms. The highest BCUT2D eigenvalue weighted by Gasteiger charge is 2.30. The number of nitrogens with one attached hydrogen (secondary N) is 1. The number of hydrogen-bond acceptors (Lipinski definition) is 2. The molecule has 0 aromatic heterocycles. The Morgan fingerprint density at radius 1 is 1.06 bits per heavy atom. The molecule has 0 spiro atoms. The number of amides is 1. The summed E-state index contributed by atoms with van der Waals surface area (Å²) < 4.78 is 54.2. The van der Waals surface area contributed by atoms with Gasteiger partial charge in [0.25, 0.3) is 5.91 Å². The molecule has 0 aliphatic heterocycles. The summed E-state index contributed by atoms with van der Waals surface area (Å²) in [5.74, 6) is -0.379. The summed E-state index contributed by atoms with van der Waals surface area (Å²) in [6, 6.07) is 15.1. The van der Waals surface area contributed by atoms with Crippen LogP contribution in [-0.2, 0) is 19.1 Å². The molecule has 1 aliphatic rings. The van der Waals surface area contributed by atoms with Gasteiger partial charge in [-0.05, 0) is 79.1 Å². The van der Waals surface area contributed by atoms with Crippen molar-refractivity contribution in [1.29, 1.82) is 0 Å². The molecule has 190 valence electrons. The molecule has 1 saturated carbocycles. The van der Waals surface area contributed by atoms with Gasteiger partial charge in [-0.3, -0.25) is 4.79 Å². The van der Waals surface area contributed by atoms with Gasteiger partial charge in [-0.15, -0.1) is 0 Å². The molecule has 0 saturated heterocycles. The van der Waals surface area contributed by atoms with Crippen LogP contribution in [0.3, 0.4) is 0 Å². The van der Waals surface area contributed by atoms with Crippen molar-refractivity contribution < 1.29 is 22.4 Å². The van der Waals surface area contributed by atoms with Gasteiger partial charge in [0.1, 0.15) is 5.82 Å². The fourth-order valence-corrected chi connectivity index (χ4v) is 4.41. The molecule has 3 aromatic rings. The standard InChI is InChI=1S/C28H27ClF4N2O/c1-2-34-26-11-9-22(29)16-24(26)27(36)35(13-12-18-4-3-5-21(14-18)28(31,32)33)17-19-6-10-23(20-7-8-20)25(30)15-19/h3-6,9-11,14-16,20,34H,2,7-8,12-13,17H2,1H3. The van der Waals surface area contributed by atoms with Crippen LogP contribution in [-0.4, -0.2) is 23.9 Å². The molecule has 1 amide bonds. The largest absolute Gasteiger partial charge is 0.416 e. The van der Waals surface area contributed by atoms with E-state index in [0.29, 0.717) is 39.5 Å². The molecule has 8 heteroatoms. The van der Waals surface area contributed by atoms with Crippen molar-refractivity contribution in [2.75, 3.05) is 18.4 Å². The van der Waals surface area contributed by atoms with E-state index in [0.717, 1.165) is 25.0 Å². The highest BCUT2D eigenvalue weighted by molar-refractivity contribution is 6.31. The van der Waals surface area contributed by atoms with Crippen molar-refractivity contribution in [2.45, 2.75) is 44.8 Å². The van der Waals surface area contributed by atoms with E-state index < -0.39 is 11.7 Å². The number of benzene rings is 3. The average molecular weight is 519 g/mol. The van der Waals surface area contributed by atoms with Crippen LogP contribution in [0.25, 0.3) is 0 Å². The lowest BCUT2D eigenvalue weighted by atomic mass is 10.0. The number of nitrogens with zero attached hydrogens (tertiary/aromatic N) is 1. The van der Waals surface area contributed by atoms with E-state index in [1.165, 1.54) is 17.0 Å². The van der Waals surface area contributed by atoms with Crippen LogP contribution in [0, 0.1) is 5.82 Å². The molecule has 3 nitrogen and oxygen atoms in total. The molecule has 0 unspecified atom stereocenters. The Morgan fingerprint density at radius 2 is 1.83 bits per heavy atom. The Kier molecular flexibility index (Phi) is 7.88. The minimum Gasteiger partial charge on any atom is -0.385 e. The number of alkyl halides is 3. The molecular formula is C28H27ClF4N2O. The first kappa shape index (κ1) is 26.0. The molecule has 4 rings (SSSR count). The summed E-state index contributed by atoms with van der Waals surface area (Å²) in [5.41, 5.74) is 1.97. The van der Waals surface area contributed by atoms with Crippen LogP contribution in [0.4, 0.5) is 23.2 Å². The maximum atomic E-state index is 14.7. The fourth-order valence-electron chi connectivity index (χ4n) is 4.24. The Balaban J connectivity index is 1.62. The van der Waals surface area contributed by atoms with E-state index >= 15 is 0 Å². The topological polar surface area (TPSA) is 32.3 Å². The van der Waals surface area contributed by atoms with Gasteiger partial charge in [0.2, 0.25) is 0 Å². The van der Waals surface area contributed by atoms with Crippen molar-refractivity contribution in [3.05, 3.63) is 99.3 Å². The van der Waals surface area contributed by atoms with Gasteiger partial charge in [0.05, 0.1) is 11.1 Å². The molecule has 0 radical (unpaired) electrons. The van der Waals surface area contributed by atoms with Crippen LogP contribution in [0.2, 0.25) is 5.02 Å². The van der Waals surface area contributed by atoms with Crippen LogP contribution in [0.5, 0.6) is 0 Å². The Hall–Kier alpha value is -3.06. The van der Waals surface area contributed by atoms with E-state index in [1.807, 2.05) is 13.0 Å². The highest BCUT2D eigenvalue weighted by atomic mass is 35.5. The lowest BCUT2D eigenvalue weighted by molar-refractivity contribution is -0.137. The predicted octanol–water partition coefficient (Wildman–Crippen LogP) is 7.69. The SMILES string of the molecule is CCNc1ccc(Cl)cc1C(=O)N(CCc1cccc(C(F)(F)F)c1)Cc1ccc(C2CC2)c(F)c1. The summed E-state index contributed by atoms with van der Waals surface area (Å²) in [6.07, 6.45) is -2.30. The summed E-state index contributed by atoms with van der Waals surface area (Å²) in [4.78, 5) is 15.2. The number of hydrogen-bond donors (Lipinski definition) is 1. The lowest BCUT2D eigenvalue weighted by Crippen LogP contribution is -2.33. The third-order valence-corrected chi connectivity index (χ3v) is 6.48. The van der Waals surface area contributed by atoms with Crippen molar-refractivity contribution in [1.82, 2.24) is 4.90 Å². The molecule has 36 heavy (non-hydrogen) atoms. The third-order valence-electron chi connectivity index (χ3n) is 6.25. The zero-order chi connectivity index (χ0) is 25.9. The second-order valence-corrected chi connectivity index (χ2v) is 9.46. The first-order chi connectivity index (χ1) is 17.2. The van der Waals surface area contributed by atoms with Crippen molar-refractivity contribution in [3.8, 4) is 0 Å². The smallest absolute Gasteiger partial charge is 0.385 e. The fraction of sp³-hybridized carbons (Fsp3) is 0.321. The second kappa shape index (κ2) is 10.9. The van der Waals surface area contributed by atoms with Gasteiger partial charge in [-0.2, -0.15) is 13.2 Å². The summed E-state index contributed by atoms with van der Waals surface area (Å²) in [6.45, 7) is 2.74. The first-order valence-electron chi connectivity index (χ1n) is 11.9.